The van der Waals surface area contributed by atoms with E-state index in [2.05, 4.69) is 26.0 Å². The van der Waals surface area contributed by atoms with Crippen LogP contribution in [0.1, 0.15) is 44.7 Å². The average molecular weight is 221 g/mol. The molecule has 1 unspecified atom stereocenters. The van der Waals surface area contributed by atoms with E-state index in [-0.39, 0.29) is 12.5 Å². The van der Waals surface area contributed by atoms with Crippen molar-refractivity contribution in [2.24, 2.45) is 11.7 Å². The fourth-order valence-corrected chi connectivity index (χ4v) is 1.84. The summed E-state index contributed by atoms with van der Waals surface area (Å²) < 4.78 is 0. The topological polar surface area (TPSA) is 46.2 Å². The zero-order valence-corrected chi connectivity index (χ0v) is 10.7. The molecule has 0 spiro atoms. The Labute approximate surface area is 98.5 Å². The van der Waals surface area contributed by atoms with Gasteiger partial charge in [-0.25, -0.2) is 0 Å². The summed E-state index contributed by atoms with van der Waals surface area (Å²) in [6, 6.07) is 8.12. The Morgan fingerprint density at radius 1 is 1.12 bits per heavy atom. The van der Waals surface area contributed by atoms with Crippen LogP contribution in [0.15, 0.2) is 24.3 Å². The van der Waals surface area contributed by atoms with Crippen molar-refractivity contribution in [2.45, 2.75) is 39.2 Å². The van der Waals surface area contributed by atoms with Gasteiger partial charge in [0.05, 0.1) is 0 Å². The highest BCUT2D eigenvalue weighted by molar-refractivity contribution is 5.29. The summed E-state index contributed by atoms with van der Waals surface area (Å²) in [5.74, 6) is 0.626. The van der Waals surface area contributed by atoms with Crippen LogP contribution in [0.3, 0.4) is 0 Å². The average Bonchev–Trinajstić information content (AvgIpc) is 2.27. The van der Waals surface area contributed by atoms with Crippen LogP contribution < -0.4 is 5.73 Å². The Bertz CT molecular complexity index is 329. The fraction of sp³-hybridized carbons (Fsp3) is 0.571. The molecule has 0 aliphatic heterocycles. The van der Waals surface area contributed by atoms with Gasteiger partial charge in [-0.05, 0) is 23.0 Å². The molecular weight excluding hydrogens is 198 g/mol. The van der Waals surface area contributed by atoms with Crippen LogP contribution in [0.4, 0.5) is 0 Å². The zero-order valence-electron chi connectivity index (χ0n) is 10.7. The van der Waals surface area contributed by atoms with Crippen molar-refractivity contribution in [3.63, 3.8) is 0 Å². The van der Waals surface area contributed by atoms with Crippen molar-refractivity contribution in [2.75, 3.05) is 6.54 Å². The third-order valence-corrected chi connectivity index (χ3v) is 3.34. The first kappa shape index (κ1) is 13.2. The van der Waals surface area contributed by atoms with Crippen LogP contribution in [0.2, 0.25) is 0 Å². The van der Waals surface area contributed by atoms with E-state index in [0.29, 0.717) is 5.92 Å². The van der Waals surface area contributed by atoms with Crippen LogP contribution in [0.25, 0.3) is 0 Å². The van der Waals surface area contributed by atoms with Crippen molar-refractivity contribution in [1.82, 2.24) is 0 Å². The second-order valence-electron chi connectivity index (χ2n) is 5.06. The predicted molar refractivity (Wildman–Crippen MR) is 68.3 cm³/mol. The number of rotatable bonds is 4. The minimum atomic E-state index is -0.907. The third kappa shape index (κ3) is 2.45. The molecule has 0 bridgehead atoms. The van der Waals surface area contributed by atoms with E-state index in [1.54, 1.807) is 0 Å². The molecule has 0 radical (unpaired) electrons. The first-order chi connectivity index (χ1) is 7.41. The molecule has 0 saturated carbocycles. The Morgan fingerprint density at radius 2 is 1.62 bits per heavy atom. The zero-order chi connectivity index (χ0) is 12.3. The lowest BCUT2D eigenvalue weighted by molar-refractivity contribution is -0.00115. The standard InChI is InChI=1S/C14H23NO/c1-10(2)12-5-7-13(8-6-12)14(16,9-15)11(3)4/h5-8,10-11,16H,9,15H2,1-4H3. The van der Waals surface area contributed by atoms with Crippen molar-refractivity contribution in [3.8, 4) is 0 Å². The van der Waals surface area contributed by atoms with Gasteiger partial charge in [0.1, 0.15) is 5.60 Å². The van der Waals surface area contributed by atoms with Crippen LogP contribution in [-0.2, 0) is 5.60 Å². The van der Waals surface area contributed by atoms with E-state index in [4.69, 9.17) is 5.73 Å². The molecular formula is C14H23NO. The maximum atomic E-state index is 10.5. The molecule has 2 heteroatoms. The van der Waals surface area contributed by atoms with Crippen molar-refractivity contribution < 1.29 is 5.11 Å². The van der Waals surface area contributed by atoms with Crippen LogP contribution in [0, 0.1) is 5.92 Å². The monoisotopic (exact) mass is 221 g/mol. The number of aliphatic hydroxyl groups is 1. The smallest absolute Gasteiger partial charge is 0.104 e. The van der Waals surface area contributed by atoms with E-state index < -0.39 is 5.60 Å². The van der Waals surface area contributed by atoms with Gasteiger partial charge in [0.15, 0.2) is 0 Å². The second-order valence-corrected chi connectivity index (χ2v) is 5.06. The minimum Gasteiger partial charge on any atom is -0.384 e. The van der Waals surface area contributed by atoms with Gasteiger partial charge in [0, 0.05) is 6.54 Å². The third-order valence-electron chi connectivity index (χ3n) is 3.34. The quantitative estimate of drug-likeness (QED) is 0.821. The van der Waals surface area contributed by atoms with Crippen molar-refractivity contribution in [3.05, 3.63) is 35.4 Å². The molecule has 16 heavy (non-hydrogen) atoms. The Morgan fingerprint density at radius 3 is 1.94 bits per heavy atom. The Hall–Kier alpha value is -0.860. The SMILES string of the molecule is CC(C)c1ccc(C(O)(CN)C(C)C)cc1. The molecule has 0 saturated heterocycles. The molecule has 0 heterocycles. The van der Waals surface area contributed by atoms with E-state index in [1.807, 2.05) is 26.0 Å². The van der Waals surface area contributed by atoms with Gasteiger partial charge < -0.3 is 10.8 Å². The normalized spacial score (nSPS) is 15.5. The van der Waals surface area contributed by atoms with E-state index >= 15 is 0 Å². The van der Waals surface area contributed by atoms with E-state index in [1.165, 1.54) is 5.56 Å². The van der Waals surface area contributed by atoms with Gasteiger partial charge in [-0.2, -0.15) is 0 Å². The van der Waals surface area contributed by atoms with Crippen LogP contribution in [0.5, 0.6) is 0 Å². The lowest BCUT2D eigenvalue weighted by Crippen LogP contribution is -2.39. The van der Waals surface area contributed by atoms with Gasteiger partial charge >= 0.3 is 0 Å². The number of hydrogen-bond acceptors (Lipinski definition) is 2. The van der Waals surface area contributed by atoms with Crippen LogP contribution in [-0.4, -0.2) is 11.7 Å². The maximum Gasteiger partial charge on any atom is 0.104 e. The first-order valence-electron chi connectivity index (χ1n) is 5.94. The largest absolute Gasteiger partial charge is 0.384 e. The molecule has 1 atom stereocenters. The van der Waals surface area contributed by atoms with Gasteiger partial charge in [-0.1, -0.05) is 52.0 Å². The Balaban J connectivity index is 3.04. The molecule has 1 aromatic rings. The van der Waals surface area contributed by atoms with E-state index in [9.17, 15) is 5.11 Å². The number of hydrogen-bond donors (Lipinski definition) is 2. The van der Waals surface area contributed by atoms with Crippen molar-refractivity contribution in [1.29, 1.82) is 0 Å². The molecule has 1 aromatic carbocycles. The lowest BCUT2D eigenvalue weighted by Gasteiger charge is -2.31. The second kappa shape index (κ2) is 4.98. The molecule has 2 nitrogen and oxygen atoms in total. The summed E-state index contributed by atoms with van der Waals surface area (Å²) in [4.78, 5) is 0. The van der Waals surface area contributed by atoms with Gasteiger partial charge in [0.25, 0.3) is 0 Å². The minimum absolute atomic E-state index is 0.113. The van der Waals surface area contributed by atoms with Gasteiger partial charge in [0.2, 0.25) is 0 Å². The van der Waals surface area contributed by atoms with E-state index in [0.717, 1.165) is 5.56 Å². The maximum absolute atomic E-state index is 10.5. The van der Waals surface area contributed by atoms with Gasteiger partial charge in [-0.3, -0.25) is 0 Å². The number of nitrogens with two attached hydrogens (primary N) is 1. The van der Waals surface area contributed by atoms with Crippen LogP contribution >= 0.6 is 0 Å². The lowest BCUT2D eigenvalue weighted by atomic mass is 9.83. The van der Waals surface area contributed by atoms with Gasteiger partial charge in [-0.15, -0.1) is 0 Å². The molecule has 0 fully saturated rings. The summed E-state index contributed by atoms with van der Waals surface area (Å²) in [5, 5.41) is 10.5. The molecule has 0 aliphatic rings. The molecule has 90 valence electrons. The summed E-state index contributed by atoms with van der Waals surface area (Å²) in [6.07, 6.45) is 0. The Kier molecular flexibility index (Phi) is 4.11. The summed E-state index contributed by atoms with van der Waals surface area (Å²) in [7, 11) is 0. The molecule has 3 N–H and O–H groups in total. The summed E-state index contributed by atoms with van der Waals surface area (Å²) in [6.45, 7) is 8.55. The van der Waals surface area contributed by atoms with Crippen molar-refractivity contribution >= 4 is 0 Å². The predicted octanol–water partition coefficient (Wildman–Crippen LogP) is 2.61. The molecule has 0 amide bonds. The number of benzene rings is 1. The molecule has 1 rings (SSSR count). The first-order valence-corrected chi connectivity index (χ1v) is 5.94. The summed E-state index contributed by atoms with van der Waals surface area (Å²) in [5.41, 5.74) is 6.98. The highest BCUT2D eigenvalue weighted by atomic mass is 16.3. The summed E-state index contributed by atoms with van der Waals surface area (Å²) >= 11 is 0. The fourth-order valence-electron chi connectivity index (χ4n) is 1.84. The molecule has 0 aliphatic carbocycles. The molecule has 0 aromatic heterocycles. The highest BCUT2D eigenvalue weighted by Gasteiger charge is 2.31. The highest BCUT2D eigenvalue weighted by Crippen LogP contribution is 2.29.